The highest BCUT2D eigenvalue weighted by Gasteiger charge is 2.10. The molecular formula is C16H16ClN3O3. The summed E-state index contributed by atoms with van der Waals surface area (Å²) in [5, 5.41) is 14.1. The minimum atomic E-state index is -0.490. The molecule has 0 bridgehead atoms. The lowest BCUT2D eigenvalue weighted by molar-refractivity contribution is -0.384. The molecule has 0 radical (unpaired) electrons. The van der Waals surface area contributed by atoms with Crippen molar-refractivity contribution in [3.8, 4) is 0 Å². The Morgan fingerprint density at radius 1 is 1.22 bits per heavy atom. The molecule has 0 unspecified atom stereocenters. The van der Waals surface area contributed by atoms with Crippen LogP contribution in [0.5, 0.6) is 0 Å². The Labute approximate surface area is 138 Å². The van der Waals surface area contributed by atoms with Gasteiger partial charge >= 0.3 is 0 Å². The molecule has 0 aliphatic carbocycles. The maximum atomic E-state index is 11.8. The van der Waals surface area contributed by atoms with Gasteiger partial charge in [-0.15, -0.1) is 0 Å². The first-order valence-corrected chi connectivity index (χ1v) is 7.24. The first-order chi connectivity index (χ1) is 10.9. The summed E-state index contributed by atoms with van der Waals surface area (Å²) < 4.78 is 0. The van der Waals surface area contributed by atoms with Crippen LogP contribution < -0.4 is 5.32 Å². The zero-order valence-electron chi connectivity index (χ0n) is 12.7. The van der Waals surface area contributed by atoms with E-state index in [0.29, 0.717) is 22.8 Å². The number of rotatable bonds is 5. The highest BCUT2D eigenvalue weighted by Crippen LogP contribution is 2.27. The molecule has 1 N–H and O–H groups in total. The van der Waals surface area contributed by atoms with Crippen molar-refractivity contribution in [2.24, 2.45) is 0 Å². The highest BCUT2D eigenvalue weighted by atomic mass is 35.5. The quantitative estimate of drug-likeness (QED) is 0.670. The minimum Gasteiger partial charge on any atom is -0.380 e. The van der Waals surface area contributed by atoms with Crippen LogP contribution in [-0.2, 0) is 6.54 Å². The number of hydrogen-bond acceptors (Lipinski definition) is 4. The van der Waals surface area contributed by atoms with E-state index in [9.17, 15) is 14.9 Å². The number of amides is 1. The number of halogens is 1. The van der Waals surface area contributed by atoms with E-state index in [1.807, 2.05) is 12.1 Å². The van der Waals surface area contributed by atoms with Crippen LogP contribution in [0.2, 0.25) is 5.02 Å². The number of nitro benzene ring substituents is 1. The molecule has 0 atom stereocenters. The number of carbonyl (C=O) groups is 1. The van der Waals surface area contributed by atoms with Gasteiger partial charge in [-0.2, -0.15) is 0 Å². The number of benzene rings is 2. The van der Waals surface area contributed by atoms with Gasteiger partial charge in [-0.1, -0.05) is 23.7 Å². The lowest BCUT2D eigenvalue weighted by Gasteiger charge is -2.11. The zero-order chi connectivity index (χ0) is 17.0. The average Bonchev–Trinajstić information content (AvgIpc) is 2.53. The standard InChI is InChI=1S/C16H16ClN3O3/c1-19(2)16(21)12-5-3-11(4-6-12)10-18-15-8-7-13(20(22)23)9-14(15)17/h3-9,18H,10H2,1-2H3. The van der Waals surface area contributed by atoms with Gasteiger partial charge in [0.15, 0.2) is 0 Å². The smallest absolute Gasteiger partial charge is 0.271 e. The Kier molecular flexibility index (Phi) is 5.18. The molecule has 6 nitrogen and oxygen atoms in total. The molecule has 0 saturated heterocycles. The van der Waals surface area contributed by atoms with Crippen LogP contribution in [0.4, 0.5) is 11.4 Å². The summed E-state index contributed by atoms with van der Waals surface area (Å²) in [7, 11) is 3.41. The normalized spacial score (nSPS) is 10.2. The number of anilines is 1. The number of carbonyl (C=O) groups excluding carboxylic acids is 1. The number of non-ortho nitro benzene ring substituents is 1. The van der Waals surface area contributed by atoms with Crippen molar-refractivity contribution in [1.82, 2.24) is 4.90 Å². The van der Waals surface area contributed by atoms with E-state index in [1.165, 1.54) is 17.0 Å². The van der Waals surface area contributed by atoms with E-state index in [-0.39, 0.29) is 11.6 Å². The fourth-order valence-corrected chi connectivity index (χ4v) is 2.22. The summed E-state index contributed by atoms with van der Waals surface area (Å²) in [4.78, 5) is 23.5. The highest BCUT2D eigenvalue weighted by molar-refractivity contribution is 6.33. The van der Waals surface area contributed by atoms with Gasteiger partial charge in [0.05, 0.1) is 15.6 Å². The van der Waals surface area contributed by atoms with Gasteiger partial charge in [-0.25, -0.2) is 0 Å². The summed E-state index contributed by atoms with van der Waals surface area (Å²) in [5.74, 6) is -0.0528. The summed E-state index contributed by atoms with van der Waals surface area (Å²) in [6.07, 6.45) is 0. The fourth-order valence-electron chi connectivity index (χ4n) is 1.98. The molecule has 0 aliphatic rings. The van der Waals surface area contributed by atoms with Crippen LogP contribution in [0.15, 0.2) is 42.5 Å². The van der Waals surface area contributed by atoms with Crippen molar-refractivity contribution in [2.75, 3.05) is 19.4 Å². The summed E-state index contributed by atoms with van der Waals surface area (Å²) >= 11 is 6.02. The second kappa shape index (κ2) is 7.11. The molecule has 0 fully saturated rings. The van der Waals surface area contributed by atoms with Crippen LogP contribution in [0, 0.1) is 10.1 Å². The summed E-state index contributed by atoms with van der Waals surface area (Å²) in [6, 6.07) is 11.5. The van der Waals surface area contributed by atoms with E-state index in [1.54, 1.807) is 32.3 Å². The topological polar surface area (TPSA) is 75.5 Å². The van der Waals surface area contributed by atoms with Gasteiger partial charge in [-0.3, -0.25) is 14.9 Å². The van der Waals surface area contributed by atoms with E-state index >= 15 is 0 Å². The third-order valence-corrected chi connectivity index (χ3v) is 3.57. The van der Waals surface area contributed by atoms with Crippen molar-refractivity contribution in [3.63, 3.8) is 0 Å². The van der Waals surface area contributed by atoms with Crippen LogP contribution >= 0.6 is 11.6 Å². The Morgan fingerprint density at radius 2 is 1.87 bits per heavy atom. The predicted octanol–water partition coefficient (Wildman–Crippen LogP) is 3.56. The molecule has 1 amide bonds. The van der Waals surface area contributed by atoms with Crippen LogP contribution in [0.25, 0.3) is 0 Å². The number of nitro groups is 1. The van der Waals surface area contributed by atoms with Crippen LogP contribution in [-0.4, -0.2) is 29.8 Å². The molecule has 0 heterocycles. The molecule has 120 valence electrons. The van der Waals surface area contributed by atoms with Crippen molar-refractivity contribution in [1.29, 1.82) is 0 Å². The lowest BCUT2D eigenvalue weighted by Crippen LogP contribution is -2.21. The van der Waals surface area contributed by atoms with Gasteiger partial charge in [0.2, 0.25) is 0 Å². The molecule has 2 aromatic carbocycles. The average molecular weight is 334 g/mol. The first-order valence-electron chi connectivity index (χ1n) is 6.87. The minimum absolute atomic E-state index is 0.0490. The second-order valence-corrected chi connectivity index (χ2v) is 5.58. The molecule has 23 heavy (non-hydrogen) atoms. The van der Waals surface area contributed by atoms with Gasteiger partial charge in [-0.05, 0) is 23.8 Å². The van der Waals surface area contributed by atoms with Crippen LogP contribution in [0.1, 0.15) is 15.9 Å². The fraction of sp³-hybridized carbons (Fsp3) is 0.188. The molecule has 0 saturated carbocycles. The van der Waals surface area contributed by atoms with Gasteiger partial charge in [0.1, 0.15) is 0 Å². The zero-order valence-corrected chi connectivity index (χ0v) is 13.5. The number of nitrogens with one attached hydrogen (secondary N) is 1. The molecule has 2 rings (SSSR count). The van der Waals surface area contributed by atoms with E-state index in [0.717, 1.165) is 5.56 Å². The molecule has 7 heteroatoms. The molecule has 0 spiro atoms. The van der Waals surface area contributed by atoms with E-state index < -0.39 is 4.92 Å². The molecule has 0 aliphatic heterocycles. The largest absolute Gasteiger partial charge is 0.380 e. The van der Waals surface area contributed by atoms with Crippen molar-refractivity contribution < 1.29 is 9.72 Å². The van der Waals surface area contributed by atoms with Gasteiger partial charge < -0.3 is 10.2 Å². The SMILES string of the molecule is CN(C)C(=O)c1ccc(CNc2ccc([N+](=O)[O-])cc2Cl)cc1. The van der Waals surface area contributed by atoms with E-state index in [4.69, 9.17) is 11.6 Å². The van der Waals surface area contributed by atoms with Crippen molar-refractivity contribution in [2.45, 2.75) is 6.54 Å². The Hall–Kier alpha value is -2.60. The van der Waals surface area contributed by atoms with E-state index in [2.05, 4.69) is 5.32 Å². The Bertz CT molecular complexity index is 730. The predicted molar refractivity (Wildman–Crippen MR) is 89.9 cm³/mol. The molecular weight excluding hydrogens is 318 g/mol. The second-order valence-electron chi connectivity index (χ2n) is 5.17. The maximum Gasteiger partial charge on any atom is 0.271 e. The third kappa shape index (κ3) is 4.20. The van der Waals surface area contributed by atoms with Gasteiger partial charge in [0, 0.05) is 38.3 Å². The molecule has 0 aromatic heterocycles. The lowest BCUT2D eigenvalue weighted by atomic mass is 10.1. The molecule has 2 aromatic rings. The third-order valence-electron chi connectivity index (χ3n) is 3.25. The van der Waals surface area contributed by atoms with Crippen LogP contribution in [0.3, 0.4) is 0 Å². The Morgan fingerprint density at radius 3 is 2.39 bits per heavy atom. The van der Waals surface area contributed by atoms with Gasteiger partial charge in [0.25, 0.3) is 11.6 Å². The monoisotopic (exact) mass is 333 g/mol. The van der Waals surface area contributed by atoms with Crippen molar-refractivity contribution >= 4 is 28.9 Å². The Balaban J connectivity index is 2.04. The maximum absolute atomic E-state index is 11.8. The number of hydrogen-bond donors (Lipinski definition) is 1. The summed E-state index contributed by atoms with van der Waals surface area (Å²) in [5.41, 5.74) is 2.15. The number of nitrogens with zero attached hydrogens (tertiary/aromatic N) is 2. The first kappa shape index (κ1) is 16.8. The van der Waals surface area contributed by atoms with Crippen molar-refractivity contribution in [3.05, 3.63) is 68.7 Å². The summed E-state index contributed by atoms with van der Waals surface area (Å²) in [6.45, 7) is 0.494.